The van der Waals surface area contributed by atoms with Crippen LogP contribution in [0.25, 0.3) is 0 Å². The fourth-order valence-corrected chi connectivity index (χ4v) is 3.25. The number of nitrogens with zero attached hydrogens (tertiary/aromatic N) is 2. The fourth-order valence-electron chi connectivity index (χ4n) is 3.25. The lowest BCUT2D eigenvalue weighted by Gasteiger charge is -2.39. The van der Waals surface area contributed by atoms with Gasteiger partial charge in [-0.15, -0.1) is 0 Å². The Kier molecular flexibility index (Phi) is 8.74. The minimum absolute atomic E-state index is 0.753. The standard InChI is InChI=1S/C17H37N3/c1-6-10-18-16-8-7-9-17(13-16)20(14-15(2)3)12-11-19(4)5/h15-18H,6-14H2,1-5H3. The average molecular weight is 284 g/mol. The first-order valence-corrected chi connectivity index (χ1v) is 8.65. The zero-order chi connectivity index (χ0) is 15.0. The molecule has 0 heterocycles. The smallest absolute Gasteiger partial charge is 0.0112 e. The Morgan fingerprint density at radius 2 is 1.90 bits per heavy atom. The van der Waals surface area contributed by atoms with Gasteiger partial charge in [0.1, 0.15) is 0 Å². The number of nitrogens with one attached hydrogen (secondary N) is 1. The monoisotopic (exact) mass is 283 g/mol. The summed E-state index contributed by atoms with van der Waals surface area (Å²) < 4.78 is 0. The number of hydrogen-bond acceptors (Lipinski definition) is 3. The molecule has 1 rings (SSSR count). The van der Waals surface area contributed by atoms with Crippen LogP contribution in [0.2, 0.25) is 0 Å². The minimum atomic E-state index is 0.753. The van der Waals surface area contributed by atoms with Crippen molar-refractivity contribution in [2.24, 2.45) is 5.92 Å². The highest BCUT2D eigenvalue weighted by molar-refractivity contribution is 4.84. The maximum absolute atomic E-state index is 3.74. The van der Waals surface area contributed by atoms with Gasteiger partial charge in [0.2, 0.25) is 0 Å². The fraction of sp³-hybridized carbons (Fsp3) is 1.00. The molecule has 1 saturated carbocycles. The molecule has 0 amide bonds. The van der Waals surface area contributed by atoms with Gasteiger partial charge in [-0.2, -0.15) is 0 Å². The zero-order valence-corrected chi connectivity index (χ0v) is 14.5. The van der Waals surface area contributed by atoms with E-state index in [0.717, 1.165) is 18.0 Å². The molecule has 120 valence electrons. The zero-order valence-electron chi connectivity index (χ0n) is 14.5. The van der Waals surface area contributed by atoms with Crippen molar-refractivity contribution in [3.63, 3.8) is 0 Å². The molecule has 0 aromatic heterocycles. The van der Waals surface area contributed by atoms with Crippen molar-refractivity contribution in [1.29, 1.82) is 0 Å². The Morgan fingerprint density at radius 3 is 2.50 bits per heavy atom. The van der Waals surface area contributed by atoms with Gasteiger partial charge in [0.15, 0.2) is 0 Å². The Hall–Kier alpha value is -0.120. The van der Waals surface area contributed by atoms with Gasteiger partial charge in [-0.25, -0.2) is 0 Å². The molecule has 0 aromatic carbocycles. The van der Waals surface area contributed by atoms with Crippen molar-refractivity contribution >= 4 is 0 Å². The topological polar surface area (TPSA) is 18.5 Å². The maximum atomic E-state index is 3.74. The summed E-state index contributed by atoms with van der Waals surface area (Å²) in [5, 5.41) is 3.74. The van der Waals surface area contributed by atoms with E-state index in [9.17, 15) is 0 Å². The summed E-state index contributed by atoms with van der Waals surface area (Å²) in [6, 6.07) is 1.54. The SMILES string of the molecule is CCCNC1CCCC(N(CCN(C)C)CC(C)C)C1. The second-order valence-electron chi connectivity index (χ2n) is 7.16. The molecule has 3 heteroatoms. The van der Waals surface area contributed by atoms with Gasteiger partial charge in [0.25, 0.3) is 0 Å². The van der Waals surface area contributed by atoms with E-state index in [-0.39, 0.29) is 0 Å². The molecular weight excluding hydrogens is 246 g/mol. The van der Waals surface area contributed by atoms with E-state index in [0.29, 0.717) is 0 Å². The second kappa shape index (κ2) is 9.75. The van der Waals surface area contributed by atoms with Crippen molar-refractivity contribution in [3.8, 4) is 0 Å². The highest BCUT2D eigenvalue weighted by atomic mass is 15.2. The van der Waals surface area contributed by atoms with Crippen molar-refractivity contribution in [2.45, 2.75) is 65.0 Å². The van der Waals surface area contributed by atoms with Gasteiger partial charge in [-0.05, 0) is 52.2 Å². The van der Waals surface area contributed by atoms with Crippen molar-refractivity contribution in [3.05, 3.63) is 0 Å². The van der Waals surface area contributed by atoms with Crippen LogP contribution in [0.15, 0.2) is 0 Å². The van der Waals surface area contributed by atoms with E-state index in [1.165, 1.54) is 58.3 Å². The van der Waals surface area contributed by atoms with Crippen LogP contribution < -0.4 is 5.32 Å². The summed E-state index contributed by atoms with van der Waals surface area (Å²) in [6.07, 6.45) is 6.75. The molecule has 0 bridgehead atoms. The van der Waals surface area contributed by atoms with Crippen LogP contribution in [0.1, 0.15) is 52.9 Å². The van der Waals surface area contributed by atoms with E-state index in [1.807, 2.05) is 0 Å². The van der Waals surface area contributed by atoms with Gasteiger partial charge >= 0.3 is 0 Å². The Labute approximate surface area is 127 Å². The highest BCUT2D eigenvalue weighted by Crippen LogP contribution is 2.24. The molecule has 0 spiro atoms. The Bertz CT molecular complexity index is 240. The van der Waals surface area contributed by atoms with Crippen molar-refractivity contribution in [2.75, 3.05) is 40.3 Å². The molecule has 0 saturated heterocycles. The van der Waals surface area contributed by atoms with E-state index in [4.69, 9.17) is 0 Å². The molecule has 1 aliphatic rings. The Morgan fingerprint density at radius 1 is 1.15 bits per heavy atom. The third-order valence-corrected chi connectivity index (χ3v) is 4.28. The van der Waals surface area contributed by atoms with Gasteiger partial charge in [0, 0.05) is 31.7 Å². The normalized spacial score (nSPS) is 24.0. The summed E-state index contributed by atoms with van der Waals surface area (Å²) in [5.74, 6) is 0.765. The summed E-state index contributed by atoms with van der Waals surface area (Å²) in [4.78, 5) is 5.06. The van der Waals surface area contributed by atoms with Crippen LogP contribution in [0.5, 0.6) is 0 Å². The highest BCUT2D eigenvalue weighted by Gasteiger charge is 2.26. The second-order valence-corrected chi connectivity index (χ2v) is 7.16. The van der Waals surface area contributed by atoms with Gasteiger partial charge < -0.3 is 10.2 Å². The molecule has 1 N–H and O–H groups in total. The molecule has 0 aromatic rings. The average Bonchev–Trinajstić information content (AvgIpc) is 2.41. The van der Waals surface area contributed by atoms with Crippen LogP contribution in [-0.4, -0.2) is 62.2 Å². The molecule has 0 aliphatic heterocycles. The summed E-state index contributed by atoms with van der Waals surface area (Å²) in [6.45, 7) is 11.8. The van der Waals surface area contributed by atoms with Crippen molar-refractivity contribution < 1.29 is 0 Å². The van der Waals surface area contributed by atoms with E-state index < -0.39 is 0 Å². The largest absolute Gasteiger partial charge is 0.314 e. The summed E-state index contributed by atoms with van der Waals surface area (Å²) >= 11 is 0. The lowest BCUT2D eigenvalue weighted by atomic mass is 9.89. The third kappa shape index (κ3) is 7.05. The third-order valence-electron chi connectivity index (χ3n) is 4.28. The molecule has 0 radical (unpaired) electrons. The number of rotatable bonds is 9. The van der Waals surface area contributed by atoms with Crippen LogP contribution in [0.3, 0.4) is 0 Å². The lowest BCUT2D eigenvalue weighted by molar-refractivity contribution is 0.116. The molecule has 2 unspecified atom stereocenters. The predicted molar refractivity (Wildman–Crippen MR) is 89.3 cm³/mol. The summed E-state index contributed by atoms with van der Waals surface area (Å²) in [5.41, 5.74) is 0. The molecular formula is C17H37N3. The molecule has 1 fully saturated rings. The number of likely N-dealkylation sites (N-methyl/N-ethyl adjacent to an activating group) is 1. The maximum Gasteiger partial charge on any atom is 0.0112 e. The lowest BCUT2D eigenvalue weighted by Crippen LogP contribution is -2.47. The predicted octanol–water partition coefficient (Wildman–Crippen LogP) is 2.82. The first-order chi connectivity index (χ1) is 9.52. The quantitative estimate of drug-likeness (QED) is 0.702. The van der Waals surface area contributed by atoms with Crippen LogP contribution in [-0.2, 0) is 0 Å². The van der Waals surface area contributed by atoms with Crippen molar-refractivity contribution in [1.82, 2.24) is 15.1 Å². The van der Waals surface area contributed by atoms with Gasteiger partial charge in [0.05, 0.1) is 0 Å². The van der Waals surface area contributed by atoms with E-state index in [1.54, 1.807) is 0 Å². The van der Waals surface area contributed by atoms with Gasteiger partial charge in [-0.3, -0.25) is 4.90 Å². The molecule has 20 heavy (non-hydrogen) atoms. The number of hydrogen-bond donors (Lipinski definition) is 1. The molecule has 2 atom stereocenters. The van der Waals surface area contributed by atoms with Gasteiger partial charge in [-0.1, -0.05) is 27.2 Å². The molecule has 3 nitrogen and oxygen atoms in total. The van der Waals surface area contributed by atoms with E-state index >= 15 is 0 Å². The first-order valence-electron chi connectivity index (χ1n) is 8.65. The first kappa shape index (κ1) is 17.9. The molecule has 1 aliphatic carbocycles. The Balaban J connectivity index is 2.49. The minimum Gasteiger partial charge on any atom is -0.314 e. The summed E-state index contributed by atoms with van der Waals surface area (Å²) in [7, 11) is 4.36. The van der Waals surface area contributed by atoms with Crippen LogP contribution in [0.4, 0.5) is 0 Å². The van der Waals surface area contributed by atoms with E-state index in [2.05, 4.69) is 50.0 Å². The van der Waals surface area contributed by atoms with Crippen LogP contribution in [0, 0.1) is 5.92 Å². The van der Waals surface area contributed by atoms with Crippen LogP contribution >= 0.6 is 0 Å².